The summed E-state index contributed by atoms with van der Waals surface area (Å²) >= 11 is 7.49. The fourth-order valence-corrected chi connectivity index (χ4v) is 2.58. The first-order valence-electron chi connectivity index (χ1n) is 5.24. The highest BCUT2D eigenvalue weighted by Gasteiger charge is 2.15. The van der Waals surface area contributed by atoms with Crippen molar-refractivity contribution in [2.45, 2.75) is 6.92 Å². The van der Waals surface area contributed by atoms with E-state index < -0.39 is 0 Å². The molecule has 3 aromatic heterocycles. The molecule has 3 rings (SSSR count). The summed E-state index contributed by atoms with van der Waals surface area (Å²) in [6.45, 7) is 1.99. The first kappa shape index (κ1) is 11.4. The van der Waals surface area contributed by atoms with E-state index >= 15 is 0 Å². The number of hydrogen-bond acceptors (Lipinski definition) is 5. The molecule has 0 spiro atoms. The van der Waals surface area contributed by atoms with Crippen LogP contribution in [0.4, 0.5) is 0 Å². The maximum absolute atomic E-state index is 6.02. The number of halogens is 1. The normalized spacial score (nSPS) is 10.8. The molecular weight excluding hydrogens is 270 g/mol. The predicted octanol–water partition coefficient (Wildman–Crippen LogP) is 3.82. The van der Waals surface area contributed by atoms with Crippen molar-refractivity contribution in [1.29, 1.82) is 0 Å². The van der Waals surface area contributed by atoms with Gasteiger partial charge in [0.15, 0.2) is 0 Å². The van der Waals surface area contributed by atoms with Crippen molar-refractivity contribution in [2.75, 3.05) is 0 Å². The van der Waals surface area contributed by atoms with Gasteiger partial charge in [-0.15, -0.1) is 11.3 Å². The van der Waals surface area contributed by atoms with Crippen molar-refractivity contribution in [3.05, 3.63) is 40.4 Å². The topological polar surface area (TPSA) is 51.8 Å². The summed E-state index contributed by atoms with van der Waals surface area (Å²) in [5.74, 6) is 0.895. The Labute approximate surface area is 112 Å². The largest absolute Gasteiger partial charge is 0.333 e. The number of hydrogen-bond donors (Lipinski definition) is 0. The molecule has 0 N–H and O–H groups in total. The molecule has 0 radical (unpaired) electrons. The van der Waals surface area contributed by atoms with Gasteiger partial charge in [0.1, 0.15) is 10.6 Å². The summed E-state index contributed by atoms with van der Waals surface area (Å²) in [5.41, 5.74) is 1.79. The summed E-state index contributed by atoms with van der Waals surface area (Å²) in [6.07, 6.45) is 1.72. The summed E-state index contributed by atoms with van der Waals surface area (Å²) in [7, 11) is 0. The Morgan fingerprint density at radius 3 is 2.94 bits per heavy atom. The average Bonchev–Trinajstić information content (AvgIpc) is 2.97. The maximum Gasteiger partial charge on any atom is 0.269 e. The Bertz CT molecular complexity index is 692. The lowest BCUT2D eigenvalue weighted by atomic mass is 10.2. The van der Waals surface area contributed by atoms with Crippen molar-refractivity contribution >= 4 is 22.9 Å². The number of aromatic nitrogens is 3. The number of nitrogens with zero attached hydrogens (tertiary/aromatic N) is 3. The lowest BCUT2D eigenvalue weighted by Crippen LogP contribution is -1.86. The van der Waals surface area contributed by atoms with Gasteiger partial charge >= 0.3 is 0 Å². The molecular formula is C12H8ClN3OS. The minimum absolute atomic E-state index is 0.424. The van der Waals surface area contributed by atoms with Gasteiger partial charge in [0.05, 0.1) is 5.02 Å². The molecule has 18 heavy (non-hydrogen) atoms. The zero-order valence-electron chi connectivity index (χ0n) is 9.42. The molecule has 0 unspecified atom stereocenters. The Hall–Kier alpha value is -1.72. The van der Waals surface area contributed by atoms with Crippen LogP contribution in [0.25, 0.3) is 22.3 Å². The van der Waals surface area contributed by atoms with Gasteiger partial charge in [-0.2, -0.15) is 4.98 Å². The third kappa shape index (κ3) is 2.02. The van der Waals surface area contributed by atoms with Gasteiger partial charge in [-0.3, -0.25) is 4.98 Å². The van der Waals surface area contributed by atoms with Crippen LogP contribution in [0.3, 0.4) is 0 Å². The Kier molecular flexibility index (Phi) is 2.85. The molecule has 3 aromatic rings. The van der Waals surface area contributed by atoms with Gasteiger partial charge in [0, 0.05) is 6.20 Å². The molecule has 0 atom stereocenters. The molecule has 0 fully saturated rings. The smallest absolute Gasteiger partial charge is 0.269 e. The van der Waals surface area contributed by atoms with E-state index in [2.05, 4.69) is 15.1 Å². The minimum Gasteiger partial charge on any atom is -0.333 e. The third-order valence-corrected chi connectivity index (χ3v) is 3.71. The highest BCUT2D eigenvalue weighted by atomic mass is 35.5. The summed E-state index contributed by atoms with van der Waals surface area (Å²) in [4.78, 5) is 9.30. The second-order valence-corrected chi connectivity index (χ2v) is 5.06. The number of aryl methyl sites for hydroxylation is 1. The number of pyridine rings is 1. The standard InChI is InChI=1S/C12H8ClN3OS/c1-7-2-4-14-9(6-7)11-15-12(17-16-11)10-8(13)3-5-18-10/h2-6H,1H3. The van der Waals surface area contributed by atoms with Crippen molar-refractivity contribution in [2.24, 2.45) is 0 Å². The lowest BCUT2D eigenvalue weighted by Gasteiger charge is -1.94. The quantitative estimate of drug-likeness (QED) is 0.714. The predicted molar refractivity (Wildman–Crippen MR) is 70.6 cm³/mol. The number of rotatable bonds is 2. The van der Waals surface area contributed by atoms with Crippen molar-refractivity contribution < 1.29 is 4.52 Å². The van der Waals surface area contributed by atoms with Gasteiger partial charge in [-0.05, 0) is 36.1 Å². The zero-order valence-corrected chi connectivity index (χ0v) is 11.0. The Morgan fingerprint density at radius 2 is 2.22 bits per heavy atom. The molecule has 0 aromatic carbocycles. The summed E-state index contributed by atoms with van der Waals surface area (Å²) in [6, 6.07) is 5.63. The van der Waals surface area contributed by atoms with Crippen LogP contribution in [-0.4, -0.2) is 15.1 Å². The van der Waals surface area contributed by atoms with E-state index in [0.717, 1.165) is 10.4 Å². The molecule has 4 nitrogen and oxygen atoms in total. The molecule has 0 bridgehead atoms. The third-order valence-electron chi connectivity index (χ3n) is 2.38. The minimum atomic E-state index is 0.424. The fourth-order valence-electron chi connectivity index (χ4n) is 1.52. The van der Waals surface area contributed by atoms with E-state index in [9.17, 15) is 0 Å². The highest BCUT2D eigenvalue weighted by Crippen LogP contribution is 2.32. The van der Waals surface area contributed by atoms with Gasteiger partial charge in [0.25, 0.3) is 5.89 Å². The van der Waals surface area contributed by atoms with E-state index in [1.54, 1.807) is 12.3 Å². The van der Waals surface area contributed by atoms with Crippen LogP contribution >= 0.6 is 22.9 Å². The average molecular weight is 278 g/mol. The van der Waals surface area contributed by atoms with Gasteiger partial charge in [0.2, 0.25) is 5.82 Å². The number of thiophene rings is 1. The highest BCUT2D eigenvalue weighted by molar-refractivity contribution is 7.14. The van der Waals surface area contributed by atoms with Crippen molar-refractivity contribution in [3.8, 4) is 22.3 Å². The molecule has 0 saturated heterocycles. The SMILES string of the molecule is Cc1ccnc(-c2noc(-c3sccc3Cl)n2)c1. The second kappa shape index (κ2) is 4.51. The van der Waals surface area contributed by atoms with Crippen LogP contribution in [0.5, 0.6) is 0 Å². The van der Waals surface area contributed by atoms with Crippen LogP contribution in [0, 0.1) is 6.92 Å². The van der Waals surface area contributed by atoms with Crippen molar-refractivity contribution in [3.63, 3.8) is 0 Å². The van der Waals surface area contributed by atoms with Crippen molar-refractivity contribution in [1.82, 2.24) is 15.1 Å². The molecule has 0 amide bonds. The summed E-state index contributed by atoms with van der Waals surface area (Å²) in [5, 5.41) is 6.42. The van der Waals surface area contributed by atoms with Gasteiger partial charge < -0.3 is 4.52 Å². The first-order valence-corrected chi connectivity index (χ1v) is 6.50. The van der Waals surface area contributed by atoms with Crippen LogP contribution in [0.1, 0.15) is 5.56 Å². The van der Waals surface area contributed by atoms with Crippen LogP contribution in [-0.2, 0) is 0 Å². The maximum atomic E-state index is 6.02. The molecule has 3 heterocycles. The molecule has 0 aliphatic rings. The van der Waals surface area contributed by atoms with E-state index in [1.165, 1.54) is 11.3 Å². The summed E-state index contributed by atoms with van der Waals surface area (Å²) < 4.78 is 5.21. The molecule has 90 valence electrons. The Balaban J connectivity index is 2.02. The van der Waals surface area contributed by atoms with E-state index in [0.29, 0.717) is 22.4 Å². The molecule has 0 saturated carbocycles. The monoisotopic (exact) mass is 277 g/mol. The van der Waals surface area contributed by atoms with E-state index in [-0.39, 0.29) is 0 Å². The van der Waals surface area contributed by atoms with E-state index in [4.69, 9.17) is 16.1 Å². The van der Waals surface area contributed by atoms with E-state index in [1.807, 2.05) is 24.4 Å². The first-order chi connectivity index (χ1) is 8.74. The van der Waals surface area contributed by atoms with Gasteiger partial charge in [-0.25, -0.2) is 0 Å². The zero-order chi connectivity index (χ0) is 12.5. The fraction of sp³-hybridized carbons (Fsp3) is 0.0833. The Morgan fingerprint density at radius 1 is 1.33 bits per heavy atom. The molecule has 6 heteroatoms. The van der Waals surface area contributed by atoms with Crippen LogP contribution in [0.15, 0.2) is 34.3 Å². The second-order valence-electron chi connectivity index (χ2n) is 3.74. The molecule has 0 aliphatic carbocycles. The lowest BCUT2D eigenvalue weighted by molar-refractivity contribution is 0.433. The van der Waals surface area contributed by atoms with Gasteiger partial charge in [-0.1, -0.05) is 16.8 Å². The van der Waals surface area contributed by atoms with Crippen LogP contribution in [0.2, 0.25) is 5.02 Å². The van der Waals surface area contributed by atoms with Crippen LogP contribution < -0.4 is 0 Å². The molecule has 0 aliphatic heterocycles.